The maximum Gasteiger partial charge on any atom is 0.222 e. The van der Waals surface area contributed by atoms with Crippen molar-refractivity contribution >= 4 is 17.8 Å². The summed E-state index contributed by atoms with van der Waals surface area (Å²) < 4.78 is 5.85. The van der Waals surface area contributed by atoms with Crippen LogP contribution in [0.3, 0.4) is 0 Å². The summed E-state index contributed by atoms with van der Waals surface area (Å²) in [4.78, 5) is 8.25. The standard InChI is InChI=1S/C19H26N4O/c1-3-5-12-21-18-17(14-22-19(20)23-18)24-13-8-11-16-10-7-6-9-15(16)4-2/h4,6-7,9-10,14H,2-3,5,8,11-13H2,1H3,(H3,20,21,22,23). The highest BCUT2D eigenvalue weighted by Gasteiger charge is 2.07. The Morgan fingerprint density at radius 2 is 2.12 bits per heavy atom. The average molecular weight is 326 g/mol. The van der Waals surface area contributed by atoms with Gasteiger partial charge in [0.2, 0.25) is 5.95 Å². The monoisotopic (exact) mass is 326 g/mol. The molecule has 0 aliphatic carbocycles. The molecule has 0 fully saturated rings. The Balaban J connectivity index is 1.88. The lowest BCUT2D eigenvalue weighted by Gasteiger charge is -2.12. The number of nitrogen functional groups attached to an aromatic ring is 1. The molecular formula is C19H26N4O. The molecule has 0 unspecified atom stereocenters. The van der Waals surface area contributed by atoms with Crippen LogP contribution in [0.15, 0.2) is 37.0 Å². The number of hydrogen-bond acceptors (Lipinski definition) is 5. The van der Waals surface area contributed by atoms with Crippen molar-refractivity contribution in [3.05, 3.63) is 48.2 Å². The highest BCUT2D eigenvalue weighted by Crippen LogP contribution is 2.22. The molecule has 0 spiro atoms. The van der Waals surface area contributed by atoms with E-state index in [1.54, 1.807) is 6.20 Å². The van der Waals surface area contributed by atoms with Crippen molar-refractivity contribution in [2.45, 2.75) is 32.6 Å². The van der Waals surface area contributed by atoms with E-state index in [2.05, 4.69) is 40.9 Å². The quantitative estimate of drug-likeness (QED) is 0.647. The van der Waals surface area contributed by atoms with Crippen molar-refractivity contribution in [3.8, 4) is 5.75 Å². The third-order valence-corrected chi connectivity index (χ3v) is 3.72. The molecule has 5 heteroatoms. The van der Waals surface area contributed by atoms with Gasteiger partial charge in [-0.05, 0) is 30.4 Å². The number of ether oxygens (including phenoxy) is 1. The summed E-state index contributed by atoms with van der Waals surface area (Å²) in [6, 6.07) is 8.28. The topological polar surface area (TPSA) is 73.1 Å². The zero-order chi connectivity index (χ0) is 17.2. The summed E-state index contributed by atoms with van der Waals surface area (Å²) in [5, 5.41) is 3.26. The fourth-order valence-corrected chi connectivity index (χ4v) is 2.41. The van der Waals surface area contributed by atoms with Crippen molar-refractivity contribution in [2.75, 3.05) is 24.2 Å². The first-order chi connectivity index (χ1) is 11.7. The molecule has 1 heterocycles. The van der Waals surface area contributed by atoms with Gasteiger partial charge in [0.15, 0.2) is 11.6 Å². The normalized spacial score (nSPS) is 10.4. The first-order valence-electron chi connectivity index (χ1n) is 8.44. The van der Waals surface area contributed by atoms with Crippen LogP contribution < -0.4 is 15.8 Å². The number of aromatic nitrogens is 2. The maximum absolute atomic E-state index is 5.85. The number of nitrogens with one attached hydrogen (secondary N) is 1. The van der Waals surface area contributed by atoms with Crippen LogP contribution in [0.4, 0.5) is 11.8 Å². The second kappa shape index (κ2) is 9.55. The molecule has 0 atom stereocenters. The Morgan fingerprint density at radius 1 is 1.29 bits per heavy atom. The summed E-state index contributed by atoms with van der Waals surface area (Å²) in [6.45, 7) is 7.44. The molecule has 2 aromatic rings. The first kappa shape index (κ1) is 17.8. The van der Waals surface area contributed by atoms with E-state index >= 15 is 0 Å². The zero-order valence-corrected chi connectivity index (χ0v) is 14.3. The Bertz CT molecular complexity index is 658. The van der Waals surface area contributed by atoms with Crippen LogP contribution in [0.25, 0.3) is 6.08 Å². The second-order valence-corrected chi connectivity index (χ2v) is 5.58. The fourth-order valence-electron chi connectivity index (χ4n) is 2.41. The second-order valence-electron chi connectivity index (χ2n) is 5.58. The van der Waals surface area contributed by atoms with Gasteiger partial charge in [0, 0.05) is 6.54 Å². The Hall–Kier alpha value is -2.56. The predicted molar refractivity (Wildman–Crippen MR) is 100 cm³/mol. The van der Waals surface area contributed by atoms with E-state index < -0.39 is 0 Å². The minimum Gasteiger partial charge on any atom is -0.488 e. The Morgan fingerprint density at radius 3 is 2.92 bits per heavy atom. The molecule has 0 amide bonds. The van der Waals surface area contributed by atoms with Crippen molar-refractivity contribution in [2.24, 2.45) is 0 Å². The highest BCUT2D eigenvalue weighted by molar-refractivity contribution is 5.52. The van der Waals surface area contributed by atoms with E-state index in [4.69, 9.17) is 10.5 Å². The third-order valence-electron chi connectivity index (χ3n) is 3.72. The lowest BCUT2D eigenvalue weighted by atomic mass is 10.0. The van der Waals surface area contributed by atoms with Gasteiger partial charge in [-0.2, -0.15) is 4.98 Å². The van der Waals surface area contributed by atoms with Gasteiger partial charge in [0.1, 0.15) is 0 Å². The molecule has 5 nitrogen and oxygen atoms in total. The predicted octanol–water partition coefficient (Wildman–Crippen LogP) is 3.93. The summed E-state index contributed by atoms with van der Waals surface area (Å²) >= 11 is 0. The van der Waals surface area contributed by atoms with Gasteiger partial charge >= 0.3 is 0 Å². The lowest BCUT2D eigenvalue weighted by Crippen LogP contribution is -2.09. The van der Waals surface area contributed by atoms with E-state index in [0.717, 1.165) is 32.2 Å². The third kappa shape index (κ3) is 5.26. The van der Waals surface area contributed by atoms with Crippen molar-refractivity contribution in [1.82, 2.24) is 9.97 Å². The van der Waals surface area contributed by atoms with Gasteiger partial charge < -0.3 is 15.8 Å². The number of aryl methyl sites for hydroxylation is 1. The van der Waals surface area contributed by atoms with Crippen LogP contribution in [0.1, 0.15) is 37.3 Å². The van der Waals surface area contributed by atoms with Gasteiger partial charge in [-0.15, -0.1) is 0 Å². The molecule has 1 aromatic carbocycles. The molecule has 0 aliphatic rings. The molecule has 0 aliphatic heterocycles. The summed E-state index contributed by atoms with van der Waals surface area (Å²) in [5.41, 5.74) is 8.13. The summed E-state index contributed by atoms with van der Waals surface area (Å²) in [6.07, 6.45) is 7.56. The highest BCUT2D eigenvalue weighted by atomic mass is 16.5. The number of nitrogens with two attached hydrogens (primary N) is 1. The molecule has 1 aromatic heterocycles. The molecule has 0 bridgehead atoms. The van der Waals surface area contributed by atoms with Gasteiger partial charge in [-0.25, -0.2) is 4.98 Å². The van der Waals surface area contributed by atoms with Crippen molar-refractivity contribution in [3.63, 3.8) is 0 Å². The molecule has 3 N–H and O–H groups in total. The number of unbranched alkanes of at least 4 members (excludes halogenated alkanes) is 1. The molecule has 2 rings (SSSR count). The van der Waals surface area contributed by atoms with Crippen LogP contribution >= 0.6 is 0 Å². The molecule has 0 radical (unpaired) electrons. The van der Waals surface area contributed by atoms with Gasteiger partial charge in [-0.1, -0.05) is 50.3 Å². The lowest BCUT2D eigenvalue weighted by molar-refractivity contribution is 0.310. The van der Waals surface area contributed by atoms with Crippen LogP contribution in [-0.2, 0) is 6.42 Å². The van der Waals surface area contributed by atoms with Crippen LogP contribution in [0.5, 0.6) is 5.75 Å². The minimum atomic E-state index is 0.251. The molecular weight excluding hydrogens is 300 g/mol. The molecule has 0 saturated carbocycles. The van der Waals surface area contributed by atoms with E-state index in [1.807, 2.05) is 18.2 Å². The number of anilines is 2. The number of benzene rings is 1. The van der Waals surface area contributed by atoms with Crippen LogP contribution in [-0.4, -0.2) is 23.1 Å². The fraction of sp³-hybridized carbons (Fsp3) is 0.368. The van der Waals surface area contributed by atoms with Gasteiger partial charge in [-0.3, -0.25) is 0 Å². The van der Waals surface area contributed by atoms with E-state index in [0.29, 0.717) is 18.2 Å². The molecule has 128 valence electrons. The van der Waals surface area contributed by atoms with Crippen LogP contribution in [0.2, 0.25) is 0 Å². The Labute approximate surface area is 144 Å². The van der Waals surface area contributed by atoms with E-state index in [9.17, 15) is 0 Å². The summed E-state index contributed by atoms with van der Waals surface area (Å²) in [7, 11) is 0. The number of nitrogens with zero attached hydrogens (tertiary/aromatic N) is 2. The summed E-state index contributed by atoms with van der Waals surface area (Å²) in [5.74, 6) is 1.57. The number of rotatable bonds is 10. The SMILES string of the molecule is C=Cc1ccccc1CCCOc1cnc(N)nc1NCCCC. The van der Waals surface area contributed by atoms with Crippen molar-refractivity contribution in [1.29, 1.82) is 0 Å². The molecule has 24 heavy (non-hydrogen) atoms. The minimum absolute atomic E-state index is 0.251. The average Bonchev–Trinajstić information content (AvgIpc) is 2.60. The van der Waals surface area contributed by atoms with Gasteiger partial charge in [0.25, 0.3) is 0 Å². The van der Waals surface area contributed by atoms with Crippen molar-refractivity contribution < 1.29 is 4.74 Å². The van der Waals surface area contributed by atoms with E-state index in [1.165, 1.54) is 11.1 Å². The van der Waals surface area contributed by atoms with Gasteiger partial charge in [0.05, 0.1) is 12.8 Å². The van der Waals surface area contributed by atoms with E-state index in [-0.39, 0.29) is 5.95 Å². The number of hydrogen-bond donors (Lipinski definition) is 2. The smallest absolute Gasteiger partial charge is 0.222 e. The maximum atomic E-state index is 5.85. The Kier molecular flexibility index (Phi) is 7.08. The first-order valence-corrected chi connectivity index (χ1v) is 8.44. The molecule has 0 saturated heterocycles. The largest absolute Gasteiger partial charge is 0.488 e. The zero-order valence-electron chi connectivity index (χ0n) is 14.3. The van der Waals surface area contributed by atoms with Crippen LogP contribution in [0, 0.1) is 0 Å².